The molecular formula is C21H22F2N2O2. The Labute approximate surface area is 157 Å². The molecule has 0 heterocycles. The second-order valence-electron chi connectivity index (χ2n) is 7.16. The average molecular weight is 372 g/mol. The van der Waals surface area contributed by atoms with Gasteiger partial charge in [0, 0.05) is 5.56 Å². The highest BCUT2D eigenvalue weighted by molar-refractivity contribution is 5.80. The number of nitrogens with zero attached hydrogens (tertiary/aromatic N) is 1. The van der Waals surface area contributed by atoms with Crippen molar-refractivity contribution in [3.05, 3.63) is 65.2 Å². The Morgan fingerprint density at radius 1 is 1.15 bits per heavy atom. The van der Waals surface area contributed by atoms with E-state index in [1.165, 1.54) is 12.1 Å². The van der Waals surface area contributed by atoms with Crippen molar-refractivity contribution >= 4 is 5.91 Å². The molecule has 0 aliphatic heterocycles. The van der Waals surface area contributed by atoms with E-state index in [9.17, 15) is 18.8 Å². The second kappa shape index (κ2) is 8.63. The summed E-state index contributed by atoms with van der Waals surface area (Å²) < 4.78 is 29.4. The summed E-state index contributed by atoms with van der Waals surface area (Å²) in [6.07, 6.45) is -0.166. The predicted octanol–water partition coefficient (Wildman–Crippen LogP) is 4.51. The van der Waals surface area contributed by atoms with Crippen LogP contribution in [0, 0.1) is 11.3 Å². The highest BCUT2D eigenvalue weighted by atomic mass is 19.3. The van der Waals surface area contributed by atoms with Gasteiger partial charge in [-0.05, 0) is 22.6 Å². The van der Waals surface area contributed by atoms with Crippen LogP contribution in [0.5, 0.6) is 5.75 Å². The molecule has 0 fully saturated rings. The zero-order valence-corrected chi connectivity index (χ0v) is 15.5. The summed E-state index contributed by atoms with van der Waals surface area (Å²) >= 11 is 0. The van der Waals surface area contributed by atoms with Gasteiger partial charge in [0.25, 0.3) is 0 Å². The molecule has 0 aromatic heterocycles. The molecule has 6 heteroatoms. The van der Waals surface area contributed by atoms with Gasteiger partial charge < -0.3 is 10.1 Å². The van der Waals surface area contributed by atoms with Crippen LogP contribution in [0.3, 0.4) is 0 Å². The zero-order valence-electron chi connectivity index (χ0n) is 15.5. The van der Waals surface area contributed by atoms with E-state index in [0.717, 1.165) is 5.56 Å². The number of alkyl halides is 2. The number of benzene rings is 2. The number of nitriles is 1. The molecule has 1 N–H and O–H groups in total. The average Bonchev–Trinajstić information content (AvgIpc) is 2.60. The van der Waals surface area contributed by atoms with Crippen molar-refractivity contribution in [1.29, 1.82) is 5.26 Å². The summed E-state index contributed by atoms with van der Waals surface area (Å²) in [6.45, 7) is 3.29. The van der Waals surface area contributed by atoms with Crippen LogP contribution < -0.4 is 10.1 Å². The van der Waals surface area contributed by atoms with Crippen LogP contribution in [0.25, 0.3) is 0 Å². The first-order chi connectivity index (χ1) is 12.7. The van der Waals surface area contributed by atoms with Crippen LogP contribution in [0.2, 0.25) is 0 Å². The Balaban J connectivity index is 2.09. The molecular weight excluding hydrogens is 350 g/mol. The van der Waals surface area contributed by atoms with Crippen LogP contribution in [0.4, 0.5) is 8.78 Å². The first-order valence-corrected chi connectivity index (χ1v) is 8.53. The SMILES string of the molecule is CC(C)(C)c1ccc(C(C#N)NC(=O)Cc2ccccc2OC(F)F)cc1. The summed E-state index contributed by atoms with van der Waals surface area (Å²) in [5.41, 5.74) is 2.09. The van der Waals surface area contributed by atoms with Gasteiger partial charge >= 0.3 is 6.61 Å². The molecule has 0 bridgehead atoms. The maximum Gasteiger partial charge on any atom is 0.387 e. The van der Waals surface area contributed by atoms with E-state index in [1.54, 1.807) is 12.1 Å². The van der Waals surface area contributed by atoms with Gasteiger partial charge in [0.15, 0.2) is 0 Å². The van der Waals surface area contributed by atoms with Crippen molar-refractivity contribution in [1.82, 2.24) is 5.32 Å². The van der Waals surface area contributed by atoms with Gasteiger partial charge in [-0.2, -0.15) is 14.0 Å². The molecule has 1 atom stereocenters. The van der Waals surface area contributed by atoms with Gasteiger partial charge in [0.05, 0.1) is 12.5 Å². The van der Waals surface area contributed by atoms with Crippen LogP contribution in [-0.2, 0) is 16.6 Å². The van der Waals surface area contributed by atoms with Crippen LogP contribution >= 0.6 is 0 Å². The van der Waals surface area contributed by atoms with Crippen LogP contribution in [0.15, 0.2) is 48.5 Å². The molecule has 2 aromatic carbocycles. The monoisotopic (exact) mass is 372 g/mol. The van der Waals surface area contributed by atoms with E-state index in [-0.39, 0.29) is 17.6 Å². The highest BCUT2D eigenvalue weighted by Crippen LogP contribution is 2.24. The topological polar surface area (TPSA) is 62.1 Å². The second-order valence-corrected chi connectivity index (χ2v) is 7.16. The Morgan fingerprint density at radius 2 is 1.78 bits per heavy atom. The highest BCUT2D eigenvalue weighted by Gasteiger charge is 2.18. The van der Waals surface area contributed by atoms with Gasteiger partial charge in [-0.3, -0.25) is 4.79 Å². The molecule has 27 heavy (non-hydrogen) atoms. The molecule has 1 amide bonds. The number of halogens is 2. The maximum atomic E-state index is 12.5. The molecule has 0 aliphatic carbocycles. The minimum absolute atomic E-state index is 0.0155. The number of carbonyl (C=O) groups excluding carboxylic acids is 1. The van der Waals surface area contributed by atoms with Gasteiger partial charge in [-0.25, -0.2) is 0 Å². The van der Waals surface area contributed by atoms with Crippen molar-refractivity contribution in [3.8, 4) is 11.8 Å². The van der Waals surface area contributed by atoms with E-state index < -0.39 is 18.6 Å². The van der Waals surface area contributed by atoms with E-state index in [4.69, 9.17) is 0 Å². The number of nitrogens with one attached hydrogen (secondary N) is 1. The third kappa shape index (κ3) is 5.78. The fourth-order valence-corrected chi connectivity index (χ4v) is 2.61. The lowest BCUT2D eigenvalue weighted by Gasteiger charge is -2.20. The fraction of sp³-hybridized carbons (Fsp3) is 0.333. The fourth-order valence-electron chi connectivity index (χ4n) is 2.61. The molecule has 0 aliphatic rings. The minimum Gasteiger partial charge on any atom is -0.435 e. The van der Waals surface area contributed by atoms with Crippen LogP contribution in [-0.4, -0.2) is 12.5 Å². The maximum absolute atomic E-state index is 12.5. The number of ether oxygens (including phenoxy) is 1. The standard InChI is InChI=1S/C21H22F2N2O2/c1-21(2,3)16-10-8-14(9-11-16)17(13-24)25-19(26)12-15-6-4-5-7-18(15)27-20(22)23/h4-11,17,20H,12H2,1-3H3,(H,25,26). The lowest BCUT2D eigenvalue weighted by atomic mass is 9.86. The number of rotatable bonds is 6. The van der Waals surface area contributed by atoms with Crippen molar-refractivity contribution in [2.75, 3.05) is 0 Å². The quantitative estimate of drug-likeness (QED) is 0.812. The largest absolute Gasteiger partial charge is 0.435 e. The van der Waals surface area contributed by atoms with Crippen molar-refractivity contribution in [3.63, 3.8) is 0 Å². The molecule has 2 rings (SSSR count). The Morgan fingerprint density at radius 3 is 2.33 bits per heavy atom. The van der Waals surface area contributed by atoms with Crippen molar-refractivity contribution < 1.29 is 18.3 Å². The molecule has 0 saturated heterocycles. The summed E-state index contributed by atoms with van der Waals surface area (Å²) in [5, 5.41) is 12.0. The minimum atomic E-state index is -2.97. The third-order valence-corrected chi connectivity index (χ3v) is 4.08. The number of amides is 1. The molecule has 0 spiro atoms. The number of hydrogen-bond donors (Lipinski definition) is 1. The molecule has 0 saturated carbocycles. The molecule has 4 nitrogen and oxygen atoms in total. The predicted molar refractivity (Wildman–Crippen MR) is 98.4 cm³/mol. The van der Waals surface area contributed by atoms with Gasteiger partial charge in [0.2, 0.25) is 5.91 Å². The van der Waals surface area contributed by atoms with E-state index in [1.807, 2.05) is 24.3 Å². The van der Waals surface area contributed by atoms with E-state index in [0.29, 0.717) is 11.1 Å². The number of carbonyl (C=O) groups is 1. The Kier molecular flexibility index (Phi) is 6.51. The Bertz CT molecular complexity index is 821. The number of hydrogen-bond acceptors (Lipinski definition) is 3. The zero-order chi connectivity index (χ0) is 20.0. The van der Waals surface area contributed by atoms with Gasteiger partial charge in [-0.15, -0.1) is 0 Å². The number of para-hydroxylation sites is 1. The molecule has 1 unspecified atom stereocenters. The van der Waals surface area contributed by atoms with Crippen molar-refractivity contribution in [2.24, 2.45) is 0 Å². The normalized spacial score (nSPS) is 12.3. The smallest absolute Gasteiger partial charge is 0.387 e. The summed E-state index contributed by atoms with van der Waals surface area (Å²) in [7, 11) is 0. The molecule has 2 aromatic rings. The van der Waals surface area contributed by atoms with Gasteiger partial charge in [0.1, 0.15) is 11.8 Å². The van der Waals surface area contributed by atoms with Crippen LogP contribution in [0.1, 0.15) is 43.5 Å². The van der Waals surface area contributed by atoms with Crippen molar-refractivity contribution in [2.45, 2.75) is 45.3 Å². The molecule has 0 radical (unpaired) electrons. The van der Waals surface area contributed by atoms with E-state index >= 15 is 0 Å². The summed E-state index contributed by atoms with van der Waals surface area (Å²) in [6, 6.07) is 14.8. The third-order valence-electron chi connectivity index (χ3n) is 4.08. The first-order valence-electron chi connectivity index (χ1n) is 8.53. The Hall–Kier alpha value is -2.94. The first kappa shape index (κ1) is 20.4. The summed E-state index contributed by atoms with van der Waals surface area (Å²) in [4.78, 5) is 12.3. The van der Waals surface area contributed by atoms with Gasteiger partial charge in [-0.1, -0.05) is 63.2 Å². The summed E-state index contributed by atoms with van der Waals surface area (Å²) in [5.74, 6) is -0.502. The lowest BCUT2D eigenvalue weighted by Crippen LogP contribution is -2.29. The molecule has 142 valence electrons. The lowest BCUT2D eigenvalue weighted by molar-refractivity contribution is -0.121. The van der Waals surface area contributed by atoms with E-state index in [2.05, 4.69) is 36.9 Å².